The lowest BCUT2D eigenvalue weighted by Gasteiger charge is -2.15. The van der Waals surface area contributed by atoms with Crippen LogP contribution >= 0.6 is 0 Å². The summed E-state index contributed by atoms with van der Waals surface area (Å²) in [7, 11) is 1.66. The second-order valence-electron chi connectivity index (χ2n) is 8.96. The minimum Gasteiger partial charge on any atom is -0.481 e. The topological polar surface area (TPSA) is 112 Å². The molecule has 1 aromatic carbocycles. The van der Waals surface area contributed by atoms with Crippen molar-refractivity contribution < 1.29 is 9.47 Å². The molecule has 9 heteroatoms. The molecule has 4 N–H and O–H groups in total. The summed E-state index contributed by atoms with van der Waals surface area (Å²) in [6.45, 7) is 13.9. The first-order valence-electron chi connectivity index (χ1n) is 14.3. The van der Waals surface area contributed by atoms with E-state index in [4.69, 9.17) is 15.2 Å². The Balaban J connectivity index is 0.00000100. The molecule has 39 heavy (non-hydrogen) atoms. The number of pyridine rings is 1. The van der Waals surface area contributed by atoms with Gasteiger partial charge in [-0.2, -0.15) is 4.98 Å². The normalized spacial score (nSPS) is 14.5. The number of nitrogens with one attached hydrogen (secondary N) is 2. The van der Waals surface area contributed by atoms with E-state index in [0.717, 1.165) is 84.4 Å². The number of rotatable bonds is 10. The maximum atomic E-state index is 6.11. The molecule has 4 heterocycles. The average Bonchev–Trinajstić information content (AvgIpc) is 3.61. The van der Waals surface area contributed by atoms with Crippen LogP contribution in [0.1, 0.15) is 65.0 Å². The van der Waals surface area contributed by atoms with Crippen LogP contribution in [0.25, 0.3) is 21.9 Å². The number of aromatic nitrogens is 4. The Bertz CT molecular complexity index is 1320. The predicted octanol–water partition coefficient (Wildman–Crippen LogP) is 5.76. The van der Waals surface area contributed by atoms with Crippen LogP contribution in [-0.2, 0) is 17.8 Å². The summed E-state index contributed by atoms with van der Waals surface area (Å²) in [4.78, 5) is 13.8. The van der Waals surface area contributed by atoms with Gasteiger partial charge in [0.05, 0.1) is 25.8 Å². The maximum Gasteiger partial charge on any atom is 0.222 e. The van der Waals surface area contributed by atoms with Crippen molar-refractivity contribution in [3.8, 4) is 5.88 Å². The summed E-state index contributed by atoms with van der Waals surface area (Å²) in [5.41, 5.74) is 11.1. The number of unbranched alkanes of at least 4 members (excludes halogenated alkanes) is 1. The lowest BCUT2D eigenvalue weighted by atomic mass is 10.1. The first-order chi connectivity index (χ1) is 19.2. The molecular formula is C30H45N7O2. The SMILES string of the molecule is CC.CC.CCCCNc1nc(N)nc2c3ccccc3n(Cc3cc(CNC4CCOC4)cnc3OC)c12. The standard InChI is InChI=1S/C26H33N7O2.2C2H6/c1-3-4-10-28-24-23-22(31-26(27)32-24)20-7-5-6-8-21(20)33(23)15-18-12-17(14-30-25(18)34-2)13-29-19-9-11-35-16-19;2*1-2/h5-8,12,14,19,29H,3-4,9-11,13,15-16H2,1-2H3,(H3,27,28,31,32);2*1-2H3. The highest BCUT2D eigenvalue weighted by molar-refractivity contribution is 6.09. The highest BCUT2D eigenvalue weighted by atomic mass is 16.5. The Kier molecular flexibility index (Phi) is 11.8. The van der Waals surface area contributed by atoms with Crippen molar-refractivity contribution >= 4 is 33.7 Å². The van der Waals surface area contributed by atoms with Gasteiger partial charge < -0.3 is 30.4 Å². The fourth-order valence-electron chi connectivity index (χ4n) is 4.69. The molecule has 1 atom stereocenters. The van der Waals surface area contributed by atoms with Crippen LogP contribution in [0.4, 0.5) is 11.8 Å². The van der Waals surface area contributed by atoms with Gasteiger partial charge in [-0.1, -0.05) is 59.2 Å². The first-order valence-corrected chi connectivity index (χ1v) is 14.3. The van der Waals surface area contributed by atoms with Gasteiger partial charge in [-0.15, -0.1) is 0 Å². The number of nitrogens with zero attached hydrogens (tertiary/aromatic N) is 4. The number of nitrogen functional groups attached to an aromatic ring is 1. The fraction of sp³-hybridized carbons (Fsp3) is 0.500. The minimum atomic E-state index is 0.266. The van der Waals surface area contributed by atoms with Crippen molar-refractivity contribution in [2.45, 2.75) is 73.0 Å². The minimum absolute atomic E-state index is 0.266. The summed E-state index contributed by atoms with van der Waals surface area (Å²) in [5.74, 6) is 1.63. The average molecular weight is 536 g/mol. The summed E-state index contributed by atoms with van der Waals surface area (Å²) < 4.78 is 13.4. The quantitative estimate of drug-likeness (QED) is 0.220. The molecule has 9 nitrogen and oxygen atoms in total. The second kappa shape index (κ2) is 15.2. The molecule has 212 valence electrons. The number of para-hydroxylation sites is 1. The summed E-state index contributed by atoms with van der Waals surface area (Å²) in [6, 6.07) is 10.8. The van der Waals surface area contributed by atoms with Gasteiger partial charge in [-0.25, -0.2) is 9.97 Å². The van der Waals surface area contributed by atoms with Crippen molar-refractivity contribution in [3.63, 3.8) is 0 Å². The molecule has 1 fully saturated rings. The van der Waals surface area contributed by atoms with Crippen LogP contribution in [0.15, 0.2) is 36.5 Å². The monoisotopic (exact) mass is 535 g/mol. The molecule has 0 spiro atoms. The van der Waals surface area contributed by atoms with Gasteiger partial charge in [0, 0.05) is 42.9 Å². The van der Waals surface area contributed by atoms with Crippen LogP contribution in [0.2, 0.25) is 0 Å². The molecule has 0 radical (unpaired) electrons. The highest BCUT2D eigenvalue weighted by Gasteiger charge is 2.20. The van der Waals surface area contributed by atoms with Crippen molar-refractivity contribution in [2.24, 2.45) is 0 Å². The van der Waals surface area contributed by atoms with Gasteiger partial charge in [-0.05, 0) is 30.5 Å². The molecule has 1 saturated heterocycles. The third-order valence-corrected chi connectivity index (χ3v) is 6.47. The van der Waals surface area contributed by atoms with Crippen LogP contribution < -0.4 is 21.1 Å². The zero-order valence-corrected chi connectivity index (χ0v) is 24.4. The van der Waals surface area contributed by atoms with Crippen LogP contribution in [-0.4, -0.2) is 52.4 Å². The number of benzene rings is 1. The van der Waals surface area contributed by atoms with Crippen LogP contribution in [0.5, 0.6) is 5.88 Å². The molecule has 1 aliphatic rings. The number of fused-ring (bicyclic) bond motifs is 3. The van der Waals surface area contributed by atoms with E-state index >= 15 is 0 Å². The van der Waals surface area contributed by atoms with E-state index in [1.165, 1.54) is 0 Å². The summed E-state index contributed by atoms with van der Waals surface area (Å²) in [5, 5.41) is 8.10. The van der Waals surface area contributed by atoms with Gasteiger partial charge >= 0.3 is 0 Å². The number of hydrogen-bond acceptors (Lipinski definition) is 8. The molecule has 0 amide bonds. The Morgan fingerprint density at radius 3 is 2.67 bits per heavy atom. The van der Waals surface area contributed by atoms with E-state index in [9.17, 15) is 0 Å². The van der Waals surface area contributed by atoms with Crippen LogP contribution in [0, 0.1) is 0 Å². The molecule has 1 aliphatic heterocycles. The van der Waals surface area contributed by atoms with Gasteiger partial charge in [0.25, 0.3) is 0 Å². The highest BCUT2D eigenvalue weighted by Crippen LogP contribution is 2.33. The first kappa shape index (κ1) is 30.1. The molecule has 0 aliphatic carbocycles. The lowest BCUT2D eigenvalue weighted by Crippen LogP contribution is -2.28. The molecule has 0 saturated carbocycles. The molecule has 4 aromatic rings. The second-order valence-corrected chi connectivity index (χ2v) is 8.96. The van der Waals surface area contributed by atoms with Crippen molar-refractivity contribution in [3.05, 3.63) is 47.7 Å². The smallest absolute Gasteiger partial charge is 0.222 e. The number of nitrogens with two attached hydrogens (primary N) is 1. The number of methoxy groups -OCH3 is 1. The third-order valence-electron chi connectivity index (χ3n) is 6.47. The summed E-state index contributed by atoms with van der Waals surface area (Å²) >= 11 is 0. The van der Waals surface area contributed by atoms with E-state index < -0.39 is 0 Å². The third kappa shape index (κ3) is 7.16. The number of ether oxygens (including phenoxy) is 2. The fourth-order valence-corrected chi connectivity index (χ4v) is 4.69. The zero-order valence-electron chi connectivity index (χ0n) is 24.4. The zero-order chi connectivity index (χ0) is 28.2. The molecular weight excluding hydrogens is 490 g/mol. The Labute approximate surface area is 232 Å². The maximum absolute atomic E-state index is 6.11. The Morgan fingerprint density at radius 1 is 1.15 bits per heavy atom. The van der Waals surface area contributed by atoms with E-state index in [2.05, 4.69) is 55.3 Å². The van der Waals surface area contributed by atoms with Gasteiger partial charge in [0.1, 0.15) is 11.0 Å². The van der Waals surface area contributed by atoms with Crippen molar-refractivity contribution in [1.29, 1.82) is 0 Å². The lowest BCUT2D eigenvalue weighted by molar-refractivity contribution is 0.190. The van der Waals surface area contributed by atoms with Gasteiger partial charge in [0.15, 0.2) is 5.82 Å². The van der Waals surface area contributed by atoms with E-state index in [1.54, 1.807) is 7.11 Å². The molecule has 3 aromatic heterocycles. The Morgan fingerprint density at radius 2 is 1.95 bits per heavy atom. The van der Waals surface area contributed by atoms with E-state index in [0.29, 0.717) is 18.5 Å². The number of anilines is 2. The Hall–Kier alpha value is -3.43. The molecule has 5 rings (SSSR count). The number of hydrogen-bond donors (Lipinski definition) is 3. The van der Waals surface area contributed by atoms with Gasteiger partial charge in [0.2, 0.25) is 11.8 Å². The van der Waals surface area contributed by atoms with Gasteiger partial charge in [-0.3, -0.25) is 0 Å². The van der Waals surface area contributed by atoms with Crippen molar-refractivity contribution in [1.82, 2.24) is 24.8 Å². The summed E-state index contributed by atoms with van der Waals surface area (Å²) in [6.07, 6.45) is 5.05. The largest absolute Gasteiger partial charge is 0.481 e. The molecule has 1 unspecified atom stereocenters. The van der Waals surface area contributed by atoms with E-state index in [1.807, 2.05) is 46.0 Å². The molecule has 0 bridgehead atoms. The van der Waals surface area contributed by atoms with E-state index in [-0.39, 0.29) is 5.95 Å². The predicted molar refractivity (Wildman–Crippen MR) is 161 cm³/mol. The van der Waals surface area contributed by atoms with Crippen molar-refractivity contribution in [2.75, 3.05) is 37.9 Å². The van der Waals surface area contributed by atoms with Crippen LogP contribution in [0.3, 0.4) is 0 Å².